The Hall–Kier alpha value is -3.13. The van der Waals surface area contributed by atoms with Gasteiger partial charge < -0.3 is 10.1 Å². The van der Waals surface area contributed by atoms with Crippen LogP contribution in [0.15, 0.2) is 54.6 Å². The van der Waals surface area contributed by atoms with Crippen molar-refractivity contribution >= 4 is 17.6 Å². The number of amides is 1. The fourth-order valence-corrected chi connectivity index (χ4v) is 2.64. The first-order chi connectivity index (χ1) is 12.5. The molecule has 0 radical (unpaired) electrons. The number of nitrogens with one attached hydrogen (secondary N) is 1. The van der Waals surface area contributed by atoms with Crippen LogP contribution in [-0.4, -0.2) is 18.5 Å². The molecule has 0 heterocycles. The standard InChI is InChI=1S/C21H22N2O3/c1-3-15(2)20(17-7-5-4-6-8-17)21(25)26-14-19(24)23-18-11-9-16(13-22)10-12-18/h4-12,15,20H,3,14H2,1-2H3,(H,23,24)/t15-,20-/m0/s1. The van der Waals surface area contributed by atoms with Crippen LogP contribution in [0, 0.1) is 17.2 Å². The Morgan fingerprint density at radius 1 is 1.12 bits per heavy atom. The normalized spacial score (nSPS) is 12.5. The number of nitriles is 1. The topological polar surface area (TPSA) is 79.2 Å². The van der Waals surface area contributed by atoms with E-state index in [1.165, 1.54) is 0 Å². The molecule has 0 aliphatic rings. The van der Waals surface area contributed by atoms with Gasteiger partial charge in [0.05, 0.1) is 17.6 Å². The lowest BCUT2D eigenvalue weighted by molar-refractivity contribution is -0.150. The molecule has 0 aliphatic carbocycles. The minimum Gasteiger partial charge on any atom is -0.455 e. The number of carbonyl (C=O) groups is 2. The summed E-state index contributed by atoms with van der Waals surface area (Å²) in [5.41, 5.74) is 1.94. The van der Waals surface area contributed by atoms with Gasteiger partial charge in [-0.25, -0.2) is 0 Å². The van der Waals surface area contributed by atoms with Crippen LogP contribution in [0.2, 0.25) is 0 Å². The lowest BCUT2D eigenvalue weighted by Gasteiger charge is -2.21. The predicted molar refractivity (Wildman–Crippen MR) is 99.4 cm³/mol. The van der Waals surface area contributed by atoms with E-state index in [1.807, 2.05) is 50.2 Å². The number of anilines is 1. The maximum absolute atomic E-state index is 12.5. The van der Waals surface area contributed by atoms with Crippen LogP contribution in [-0.2, 0) is 14.3 Å². The lowest BCUT2D eigenvalue weighted by atomic mass is 9.86. The van der Waals surface area contributed by atoms with Crippen molar-refractivity contribution in [3.05, 3.63) is 65.7 Å². The third kappa shape index (κ3) is 5.18. The third-order valence-corrected chi connectivity index (χ3v) is 4.27. The summed E-state index contributed by atoms with van der Waals surface area (Å²) in [6.45, 7) is 3.67. The number of carbonyl (C=O) groups excluding carboxylic acids is 2. The second kappa shape index (κ2) is 9.38. The Bertz CT molecular complexity index is 779. The number of ether oxygens (including phenoxy) is 1. The summed E-state index contributed by atoms with van der Waals surface area (Å²) in [6, 6.07) is 17.9. The highest BCUT2D eigenvalue weighted by molar-refractivity contribution is 5.93. The number of benzene rings is 2. The zero-order valence-electron chi connectivity index (χ0n) is 14.9. The molecule has 5 nitrogen and oxygen atoms in total. The van der Waals surface area contributed by atoms with Gasteiger partial charge in [0.15, 0.2) is 6.61 Å². The first-order valence-electron chi connectivity index (χ1n) is 8.56. The van der Waals surface area contributed by atoms with Crippen LogP contribution in [0.5, 0.6) is 0 Å². The molecule has 1 amide bonds. The molecule has 0 saturated carbocycles. The van der Waals surface area contributed by atoms with Gasteiger partial charge in [0, 0.05) is 5.69 Å². The van der Waals surface area contributed by atoms with E-state index >= 15 is 0 Å². The van der Waals surface area contributed by atoms with Crippen molar-refractivity contribution in [1.82, 2.24) is 0 Å². The molecule has 0 unspecified atom stereocenters. The summed E-state index contributed by atoms with van der Waals surface area (Å²) in [6.07, 6.45) is 0.825. The number of hydrogen-bond acceptors (Lipinski definition) is 4. The Morgan fingerprint density at radius 3 is 2.35 bits per heavy atom. The average molecular weight is 350 g/mol. The van der Waals surface area contributed by atoms with E-state index in [2.05, 4.69) is 5.32 Å². The zero-order valence-corrected chi connectivity index (χ0v) is 14.9. The Balaban J connectivity index is 1.96. The molecule has 2 atom stereocenters. The molecule has 2 aromatic carbocycles. The van der Waals surface area contributed by atoms with Gasteiger partial charge in [0.1, 0.15) is 0 Å². The molecule has 134 valence electrons. The van der Waals surface area contributed by atoms with Gasteiger partial charge >= 0.3 is 5.97 Å². The van der Waals surface area contributed by atoms with Gasteiger partial charge in [-0.15, -0.1) is 0 Å². The van der Waals surface area contributed by atoms with Crippen molar-refractivity contribution in [3.8, 4) is 6.07 Å². The maximum Gasteiger partial charge on any atom is 0.314 e. The SMILES string of the molecule is CC[C@H](C)[C@H](C(=O)OCC(=O)Nc1ccc(C#N)cc1)c1ccccc1. The quantitative estimate of drug-likeness (QED) is 0.769. The summed E-state index contributed by atoms with van der Waals surface area (Å²) < 4.78 is 5.26. The van der Waals surface area contributed by atoms with Gasteiger partial charge in [-0.05, 0) is 35.7 Å². The molecule has 1 N–H and O–H groups in total. The monoisotopic (exact) mass is 350 g/mol. The largest absolute Gasteiger partial charge is 0.455 e. The molecule has 0 saturated heterocycles. The predicted octanol–water partition coefficient (Wildman–Crippen LogP) is 3.87. The summed E-state index contributed by atoms with van der Waals surface area (Å²) in [5, 5.41) is 11.4. The van der Waals surface area contributed by atoms with Gasteiger partial charge in [0.2, 0.25) is 0 Å². The number of rotatable bonds is 7. The first-order valence-corrected chi connectivity index (χ1v) is 8.56. The molecule has 2 aromatic rings. The molecular weight excluding hydrogens is 328 g/mol. The van der Waals surface area contributed by atoms with Gasteiger partial charge in [-0.2, -0.15) is 5.26 Å². The van der Waals surface area contributed by atoms with Crippen LogP contribution in [0.1, 0.15) is 37.3 Å². The van der Waals surface area contributed by atoms with Crippen molar-refractivity contribution in [2.24, 2.45) is 5.92 Å². The van der Waals surface area contributed by atoms with E-state index < -0.39 is 17.8 Å². The summed E-state index contributed by atoms with van der Waals surface area (Å²) in [7, 11) is 0. The minimum atomic E-state index is -0.418. The molecule has 0 fully saturated rings. The van der Waals surface area contributed by atoms with Crippen LogP contribution >= 0.6 is 0 Å². The van der Waals surface area contributed by atoms with Gasteiger partial charge in [-0.1, -0.05) is 50.6 Å². The van der Waals surface area contributed by atoms with E-state index in [-0.39, 0.29) is 12.5 Å². The van der Waals surface area contributed by atoms with E-state index in [0.29, 0.717) is 11.3 Å². The number of hydrogen-bond donors (Lipinski definition) is 1. The number of esters is 1. The summed E-state index contributed by atoms with van der Waals surface area (Å²) in [5.74, 6) is -1.12. The molecule has 0 spiro atoms. The van der Waals surface area contributed by atoms with Gasteiger partial charge in [-0.3, -0.25) is 9.59 Å². The molecule has 26 heavy (non-hydrogen) atoms. The molecule has 5 heteroatoms. The summed E-state index contributed by atoms with van der Waals surface area (Å²) in [4.78, 5) is 24.6. The van der Waals surface area contributed by atoms with Crippen LogP contribution in [0.3, 0.4) is 0 Å². The van der Waals surface area contributed by atoms with Crippen molar-refractivity contribution in [2.45, 2.75) is 26.2 Å². The second-order valence-electron chi connectivity index (χ2n) is 6.12. The van der Waals surface area contributed by atoms with Crippen molar-refractivity contribution in [1.29, 1.82) is 5.26 Å². The molecule has 0 aliphatic heterocycles. The Morgan fingerprint density at radius 2 is 1.77 bits per heavy atom. The van der Waals surface area contributed by atoms with E-state index in [0.717, 1.165) is 12.0 Å². The summed E-state index contributed by atoms with van der Waals surface area (Å²) >= 11 is 0. The molecular formula is C21H22N2O3. The Labute approximate surface area is 153 Å². The van der Waals surface area contributed by atoms with Crippen LogP contribution in [0.25, 0.3) is 0 Å². The molecule has 2 rings (SSSR count). The highest BCUT2D eigenvalue weighted by Gasteiger charge is 2.27. The van der Waals surface area contributed by atoms with Gasteiger partial charge in [0.25, 0.3) is 5.91 Å². The van der Waals surface area contributed by atoms with E-state index in [9.17, 15) is 9.59 Å². The maximum atomic E-state index is 12.5. The number of nitrogens with zero attached hydrogens (tertiary/aromatic N) is 1. The second-order valence-corrected chi connectivity index (χ2v) is 6.12. The minimum absolute atomic E-state index is 0.103. The van der Waals surface area contributed by atoms with Crippen LogP contribution in [0.4, 0.5) is 5.69 Å². The van der Waals surface area contributed by atoms with Crippen molar-refractivity contribution < 1.29 is 14.3 Å². The van der Waals surface area contributed by atoms with E-state index in [1.54, 1.807) is 24.3 Å². The first kappa shape index (κ1) is 19.2. The lowest BCUT2D eigenvalue weighted by Crippen LogP contribution is -2.26. The van der Waals surface area contributed by atoms with Crippen molar-refractivity contribution in [2.75, 3.05) is 11.9 Å². The fraction of sp³-hybridized carbons (Fsp3) is 0.286. The fourth-order valence-electron chi connectivity index (χ4n) is 2.64. The molecule has 0 bridgehead atoms. The average Bonchev–Trinajstić information content (AvgIpc) is 2.68. The Kier molecular flexibility index (Phi) is 6.92. The van der Waals surface area contributed by atoms with E-state index in [4.69, 9.17) is 10.00 Å². The smallest absolute Gasteiger partial charge is 0.314 e. The van der Waals surface area contributed by atoms with Crippen LogP contribution < -0.4 is 5.32 Å². The third-order valence-electron chi connectivity index (χ3n) is 4.27. The highest BCUT2D eigenvalue weighted by atomic mass is 16.5. The highest BCUT2D eigenvalue weighted by Crippen LogP contribution is 2.28. The molecule has 0 aromatic heterocycles. The van der Waals surface area contributed by atoms with Crippen molar-refractivity contribution in [3.63, 3.8) is 0 Å². The zero-order chi connectivity index (χ0) is 18.9.